The normalized spacial score (nSPS) is 10.4. The van der Waals surface area contributed by atoms with E-state index in [-0.39, 0.29) is 0 Å². The van der Waals surface area contributed by atoms with E-state index in [1.54, 1.807) is 6.07 Å². The van der Waals surface area contributed by atoms with Crippen molar-refractivity contribution in [2.75, 3.05) is 6.61 Å². The highest BCUT2D eigenvalue weighted by atomic mass is 35.5. The van der Waals surface area contributed by atoms with Crippen LogP contribution in [0.25, 0.3) is 10.9 Å². The van der Waals surface area contributed by atoms with Gasteiger partial charge in [0, 0.05) is 11.5 Å². The van der Waals surface area contributed by atoms with Crippen molar-refractivity contribution in [3.8, 4) is 5.75 Å². The van der Waals surface area contributed by atoms with Gasteiger partial charge in [0.1, 0.15) is 10.9 Å². The number of fused-ring (bicyclic) bond motifs is 1. The molecular formula is C11H10ClNO. The second kappa shape index (κ2) is 3.84. The lowest BCUT2D eigenvalue weighted by atomic mass is 10.2. The van der Waals surface area contributed by atoms with Crippen LogP contribution in [0.2, 0.25) is 5.15 Å². The molecule has 0 unspecified atom stereocenters. The van der Waals surface area contributed by atoms with E-state index in [2.05, 4.69) is 4.98 Å². The first-order valence-corrected chi connectivity index (χ1v) is 4.87. The first-order valence-electron chi connectivity index (χ1n) is 4.49. The Morgan fingerprint density at radius 3 is 2.93 bits per heavy atom. The van der Waals surface area contributed by atoms with Crippen molar-refractivity contribution in [3.63, 3.8) is 0 Å². The third kappa shape index (κ3) is 1.66. The maximum Gasteiger partial charge on any atom is 0.133 e. The predicted molar refractivity (Wildman–Crippen MR) is 57.9 cm³/mol. The molecule has 0 radical (unpaired) electrons. The molecule has 1 aromatic heterocycles. The van der Waals surface area contributed by atoms with Gasteiger partial charge < -0.3 is 4.74 Å². The summed E-state index contributed by atoms with van der Waals surface area (Å²) in [4.78, 5) is 4.20. The summed E-state index contributed by atoms with van der Waals surface area (Å²) in [6, 6.07) is 9.53. The minimum atomic E-state index is 0.465. The second-order valence-corrected chi connectivity index (χ2v) is 3.28. The molecule has 1 heterocycles. The maximum atomic E-state index is 5.87. The highest BCUT2D eigenvalue weighted by molar-refractivity contribution is 6.30. The topological polar surface area (TPSA) is 22.1 Å². The fourth-order valence-corrected chi connectivity index (χ4v) is 1.58. The standard InChI is InChI=1S/C11H10ClNO/c1-2-14-10-7-11(12)13-9-6-4-3-5-8(9)10/h3-7H,2H2,1H3. The van der Waals surface area contributed by atoms with E-state index in [0.29, 0.717) is 11.8 Å². The van der Waals surface area contributed by atoms with Crippen LogP contribution >= 0.6 is 11.6 Å². The molecule has 0 atom stereocenters. The largest absolute Gasteiger partial charge is 0.493 e. The quantitative estimate of drug-likeness (QED) is 0.705. The summed E-state index contributed by atoms with van der Waals surface area (Å²) < 4.78 is 5.48. The predicted octanol–water partition coefficient (Wildman–Crippen LogP) is 3.29. The molecular weight excluding hydrogens is 198 g/mol. The van der Waals surface area contributed by atoms with Crippen LogP contribution in [0, 0.1) is 0 Å². The van der Waals surface area contributed by atoms with Crippen molar-refractivity contribution in [1.82, 2.24) is 4.98 Å². The lowest BCUT2D eigenvalue weighted by Gasteiger charge is -2.06. The highest BCUT2D eigenvalue weighted by Crippen LogP contribution is 2.26. The number of halogens is 1. The number of hydrogen-bond donors (Lipinski definition) is 0. The Bertz CT molecular complexity index is 456. The van der Waals surface area contributed by atoms with Gasteiger partial charge in [0.2, 0.25) is 0 Å². The zero-order valence-corrected chi connectivity index (χ0v) is 8.58. The Labute approximate surface area is 87.5 Å². The Morgan fingerprint density at radius 2 is 2.14 bits per heavy atom. The summed E-state index contributed by atoms with van der Waals surface area (Å²) in [6.45, 7) is 2.58. The molecule has 0 bridgehead atoms. The molecule has 0 fully saturated rings. The summed E-state index contributed by atoms with van der Waals surface area (Å²) in [7, 11) is 0. The molecule has 14 heavy (non-hydrogen) atoms. The fraction of sp³-hybridized carbons (Fsp3) is 0.182. The molecule has 2 aromatic rings. The van der Waals surface area contributed by atoms with Crippen molar-refractivity contribution < 1.29 is 4.74 Å². The number of aromatic nitrogens is 1. The number of benzene rings is 1. The number of ether oxygens (including phenoxy) is 1. The van der Waals surface area contributed by atoms with Crippen LogP contribution in [-0.2, 0) is 0 Å². The van der Waals surface area contributed by atoms with Crippen LogP contribution < -0.4 is 4.74 Å². The van der Waals surface area contributed by atoms with E-state index >= 15 is 0 Å². The van der Waals surface area contributed by atoms with Gasteiger partial charge in [0.15, 0.2) is 0 Å². The Hall–Kier alpha value is -1.28. The summed E-state index contributed by atoms with van der Waals surface area (Å²) in [5.41, 5.74) is 0.864. The molecule has 0 amide bonds. The molecule has 0 aliphatic heterocycles. The molecule has 72 valence electrons. The van der Waals surface area contributed by atoms with Gasteiger partial charge in [-0.15, -0.1) is 0 Å². The molecule has 0 spiro atoms. The van der Waals surface area contributed by atoms with E-state index in [4.69, 9.17) is 16.3 Å². The Morgan fingerprint density at radius 1 is 1.36 bits per heavy atom. The zero-order chi connectivity index (χ0) is 9.97. The minimum Gasteiger partial charge on any atom is -0.493 e. The van der Waals surface area contributed by atoms with Gasteiger partial charge in [-0.3, -0.25) is 0 Å². The first kappa shape index (κ1) is 9.28. The number of rotatable bonds is 2. The lowest BCUT2D eigenvalue weighted by molar-refractivity contribution is 0.344. The molecule has 2 rings (SSSR count). The molecule has 0 saturated carbocycles. The molecule has 0 aliphatic rings. The highest BCUT2D eigenvalue weighted by Gasteiger charge is 2.03. The SMILES string of the molecule is CCOc1cc(Cl)nc2ccccc12. The fourth-order valence-electron chi connectivity index (χ4n) is 1.39. The third-order valence-electron chi connectivity index (χ3n) is 1.95. The number of pyridine rings is 1. The van der Waals surface area contributed by atoms with E-state index in [1.165, 1.54) is 0 Å². The molecule has 0 aliphatic carbocycles. The van der Waals surface area contributed by atoms with Crippen molar-refractivity contribution in [2.45, 2.75) is 6.92 Å². The average molecular weight is 208 g/mol. The number of nitrogens with zero attached hydrogens (tertiary/aromatic N) is 1. The molecule has 1 aromatic carbocycles. The third-order valence-corrected chi connectivity index (χ3v) is 2.14. The molecule has 2 nitrogen and oxygen atoms in total. The average Bonchev–Trinajstić information content (AvgIpc) is 2.18. The summed E-state index contributed by atoms with van der Waals surface area (Å²) in [5.74, 6) is 0.795. The maximum absolute atomic E-state index is 5.87. The summed E-state index contributed by atoms with van der Waals surface area (Å²) in [5, 5.41) is 1.46. The second-order valence-electron chi connectivity index (χ2n) is 2.89. The van der Waals surface area contributed by atoms with Crippen LogP contribution in [-0.4, -0.2) is 11.6 Å². The van der Waals surface area contributed by atoms with Gasteiger partial charge in [-0.05, 0) is 19.1 Å². The van der Waals surface area contributed by atoms with Gasteiger partial charge >= 0.3 is 0 Å². The first-order chi connectivity index (χ1) is 6.81. The van der Waals surface area contributed by atoms with Crippen molar-refractivity contribution in [2.24, 2.45) is 0 Å². The summed E-state index contributed by atoms with van der Waals surface area (Å²) in [6.07, 6.45) is 0. The smallest absolute Gasteiger partial charge is 0.133 e. The van der Waals surface area contributed by atoms with Crippen LogP contribution in [0.5, 0.6) is 5.75 Å². The van der Waals surface area contributed by atoms with Crippen LogP contribution in [0.4, 0.5) is 0 Å². The lowest BCUT2D eigenvalue weighted by Crippen LogP contribution is -1.93. The van der Waals surface area contributed by atoms with Crippen molar-refractivity contribution >= 4 is 22.5 Å². The number of hydrogen-bond acceptors (Lipinski definition) is 2. The Balaban J connectivity index is 2.67. The monoisotopic (exact) mass is 207 g/mol. The Kier molecular flexibility index (Phi) is 2.55. The van der Waals surface area contributed by atoms with Crippen LogP contribution in [0.1, 0.15) is 6.92 Å². The molecule has 0 N–H and O–H groups in total. The van der Waals surface area contributed by atoms with Crippen molar-refractivity contribution in [3.05, 3.63) is 35.5 Å². The van der Waals surface area contributed by atoms with Gasteiger partial charge in [0.25, 0.3) is 0 Å². The molecule has 3 heteroatoms. The van der Waals surface area contributed by atoms with Crippen LogP contribution in [0.3, 0.4) is 0 Å². The van der Waals surface area contributed by atoms with Gasteiger partial charge in [-0.1, -0.05) is 23.7 Å². The molecule has 0 saturated heterocycles. The van der Waals surface area contributed by atoms with Crippen LogP contribution in [0.15, 0.2) is 30.3 Å². The summed E-state index contributed by atoms with van der Waals surface area (Å²) >= 11 is 5.87. The van der Waals surface area contributed by atoms with Crippen molar-refractivity contribution in [1.29, 1.82) is 0 Å². The van der Waals surface area contributed by atoms with E-state index in [0.717, 1.165) is 16.7 Å². The number of para-hydroxylation sites is 1. The van der Waals surface area contributed by atoms with Gasteiger partial charge in [-0.2, -0.15) is 0 Å². The minimum absolute atomic E-state index is 0.465. The van der Waals surface area contributed by atoms with Gasteiger partial charge in [0.05, 0.1) is 12.1 Å². The zero-order valence-electron chi connectivity index (χ0n) is 7.83. The van der Waals surface area contributed by atoms with Gasteiger partial charge in [-0.25, -0.2) is 4.98 Å². The van der Waals surface area contributed by atoms with E-state index in [1.807, 2.05) is 31.2 Å². The van der Waals surface area contributed by atoms with E-state index in [9.17, 15) is 0 Å². The van der Waals surface area contributed by atoms with E-state index < -0.39 is 0 Å².